The van der Waals surface area contributed by atoms with Crippen LogP contribution in [-0.2, 0) is 9.57 Å². The molecule has 0 aromatic rings. The monoisotopic (exact) mass is 147 g/mol. The first-order valence-corrected chi connectivity index (χ1v) is 2.68. The van der Waals surface area contributed by atoms with E-state index < -0.39 is 11.8 Å². The standard InChI is InChI=1S/C5H9NO4/c1-5(2,3)9-4(7)10-6-8/h1-3H3. The van der Waals surface area contributed by atoms with Crippen molar-refractivity contribution in [3.63, 3.8) is 0 Å². The van der Waals surface area contributed by atoms with Gasteiger partial charge in [0.15, 0.2) is 5.34 Å². The van der Waals surface area contributed by atoms with Crippen LogP contribution in [0.25, 0.3) is 0 Å². The molecule has 0 rings (SSSR count). The lowest BCUT2D eigenvalue weighted by atomic mass is 10.2. The average Bonchev–Trinajstić information content (AvgIpc) is 1.59. The van der Waals surface area contributed by atoms with Gasteiger partial charge in [0.25, 0.3) is 0 Å². The Morgan fingerprint density at radius 2 is 1.90 bits per heavy atom. The van der Waals surface area contributed by atoms with E-state index in [4.69, 9.17) is 0 Å². The summed E-state index contributed by atoms with van der Waals surface area (Å²) in [6, 6.07) is 0. The summed E-state index contributed by atoms with van der Waals surface area (Å²) in [5, 5.41) is 1.90. The van der Waals surface area contributed by atoms with Crippen molar-refractivity contribution in [1.29, 1.82) is 0 Å². The van der Waals surface area contributed by atoms with E-state index >= 15 is 0 Å². The Hall–Kier alpha value is -1.13. The number of rotatable bonds is 1. The molecule has 0 aliphatic rings. The number of hydrogen-bond acceptors (Lipinski definition) is 5. The first kappa shape index (κ1) is 8.87. The van der Waals surface area contributed by atoms with Gasteiger partial charge in [-0.2, -0.15) is 0 Å². The normalized spacial score (nSPS) is 10.3. The molecule has 5 nitrogen and oxygen atoms in total. The molecular formula is C5H9NO4. The zero-order chi connectivity index (χ0) is 8.20. The highest BCUT2D eigenvalue weighted by Gasteiger charge is 2.17. The molecule has 0 N–H and O–H groups in total. The molecule has 0 amide bonds. The second-order valence-corrected chi connectivity index (χ2v) is 2.63. The molecule has 58 valence electrons. The zero-order valence-electron chi connectivity index (χ0n) is 6.08. The fraction of sp³-hybridized carbons (Fsp3) is 0.800. The molecule has 0 radical (unpaired) electrons. The van der Waals surface area contributed by atoms with Crippen LogP contribution in [0.3, 0.4) is 0 Å². The molecule has 0 aromatic carbocycles. The van der Waals surface area contributed by atoms with Crippen molar-refractivity contribution in [2.75, 3.05) is 0 Å². The highest BCUT2D eigenvalue weighted by atomic mass is 16.8. The molecule has 5 heteroatoms. The van der Waals surface area contributed by atoms with E-state index in [9.17, 15) is 9.70 Å². The quantitative estimate of drug-likeness (QED) is 0.321. The maximum atomic E-state index is 10.3. The minimum absolute atomic E-state index is 0.651. The second kappa shape index (κ2) is 3.14. The summed E-state index contributed by atoms with van der Waals surface area (Å²) in [5.74, 6) is 0. The third-order valence-electron chi connectivity index (χ3n) is 0.501. The minimum Gasteiger partial charge on any atom is -0.427 e. The van der Waals surface area contributed by atoms with Crippen LogP contribution in [0.1, 0.15) is 20.8 Å². The Balaban J connectivity index is 3.68. The first-order valence-electron chi connectivity index (χ1n) is 2.68. The van der Waals surface area contributed by atoms with Crippen molar-refractivity contribution >= 4 is 6.16 Å². The van der Waals surface area contributed by atoms with E-state index in [0.717, 1.165) is 0 Å². The molecule has 0 atom stereocenters. The molecule has 0 bridgehead atoms. The van der Waals surface area contributed by atoms with Gasteiger partial charge in [-0.15, -0.1) is 4.91 Å². The fourth-order valence-corrected chi connectivity index (χ4v) is 0.299. The predicted octanol–water partition coefficient (Wildman–Crippen LogP) is 1.62. The van der Waals surface area contributed by atoms with Gasteiger partial charge in [0.1, 0.15) is 5.60 Å². The number of hydrogen-bond donors (Lipinski definition) is 0. The van der Waals surface area contributed by atoms with Crippen LogP contribution in [-0.4, -0.2) is 11.8 Å². The minimum atomic E-state index is -1.08. The fourth-order valence-electron chi connectivity index (χ4n) is 0.299. The van der Waals surface area contributed by atoms with Crippen molar-refractivity contribution < 1.29 is 14.4 Å². The molecule has 0 saturated heterocycles. The maximum absolute atomic E-state index is 10.3. The van der Waals surface area contributed by atoms with Gasteiger partial charge in [-0.25, -0.2) is 9.63 Å². The van der Waals surface area contributed by atoms with E-state index in [2.05, 4.69) is 9.57 Å². The third-order valence-corrected chi connectivity index (χ3v) is 0.501. The third kappa shape index (κ3) is 5.02. The van der Waals surface area contributed by atoms with Crippen LogP contribution < -0.4 is 0 Å². The summed E-state index contributed by atoms with van der Waals surface area (Å²) >= 11 is 0. The molecule has 10 heavy (non-hydrogen) atoms. The molecule has 0 unspecified atom stereocenters. The van der Waals surface area contributed by atoms with E-state index in [1.165, 1.54) is 0 Å². The van der Waals surface area contributed by atoms with E-state index in [0.29, 0.717) is 0 Å². The van der Waals surface area contributed by atoms with E-state index in [1.807, 2.05) is 5.34 Å². The van der Waals surface area contributed by atoms with Gasteiger partial charge >= 0.3 is 6.16 Å². The zero-order valence-corrected chi connectivity index (χ0v) is 6.08. The number of ether oxygens (including phenoxy) is 1. The van der Waals surface area contributed by atoms with Gasteiger partial charge in [0, 0.05) is 0 Å². The number of carbonyl (C=O) groups excluding carboxylic acids is 1. The molecular weight excluding hydrogens is 138 g/mol. The molecule has 0 spiro atoms. The summed E-state index contributed by atoms with van der Waals surface area (Å²) < 4.78 is 4.52. The lowest BCUT2D eigenvalue weighted by molar-refractivity contribution is -0.00706. The van der Waals surface area contributed by atoms with E-state index in [-0.39, 0.29) is 0 Å². The smallest absolute Gasteiger partial charge is 0.427 e. The number of carbonyl (C=O) groups is 1. The molecule has 0 aliphatic carbocycles. The van der Waals surface area contributed by atoms with Crippen molar-refractivity contribution in [3.8, 4) is 0 Å². The predicted molar refractivity (Wildman–Crippen MR) is 33.1 cm³/mol. The van der Waals surface area contributed by atoms with Crippen molar-refractivity contribution in [3.05, 3.63) is 4.91 Å². The highest BCUT2D eigenvalue weighted by molar-refractivity contribution is 5.60. The SMILES string of the molecule is CC(C)(C)OC(=O)ON=O. The van der Waals surface area contributed by atoms with Crippen LogP contribution in [0, 0.1) is 4.91 Å². The summed E-state index contributed by atoms with van der Waals surface area (Å²) in [4.78, 5) is 23.3. The number of nitrogens with zero attached hydrogens (tertiary/aromatic N) is 1. The van der Waals surface area contributed by atoms with Gasteiger partial charge in [0.05, 0.1) is 0 Å². The van der Waals surface area contributed by atoms with Crippen LogP contribution in [0.4, 0.5) is 4.79 Å². The molecule has 0 aromatic heterocycles. The van der Waals surface area contributed by atoms with Gasteiger partial charge in [-0.3, -0.25) is 0 Å². The van der Waals surface area contributed by atoms with Crippen molar-refractivity contribution in [2.45, 2.75) is 26.4 Å². The first-order chi connectivity index (χ1) is 4.45. The van der Waals surface area contributed by atoms with Gasteiger partial charge < -0.3 is 4.74 Å². The topological polar surface area (TPSA) is 65.0 Å². The van der Waals surface area contributed by atoms with E-state index in [1.54, 1.807) is 20.8 Å². The molecule has 0 aliphatic heterocycles. The van der Waals surface area contributed by atoms with Crippen LogP contribution in [0.2, 0.25) is 0 Å². The largest absolute Gasteiger partial charge is 0.538 e. The second-order valence-electron chi connectivity index (χ2n) is 2.63. The Bertz CT molecular complexity index is 137. The summed E-state index contributed by atoms with van der Waals surface area (Å²) in [6.07, 6.45) is -1.08. The van der Waals surface area contributed by atoms with Crippen LogP contribution in [0.5, 0.6) is 0 Å². The Morgan fingerprint density at radius 3 is 2.20 bits per heavy atom. The van der Waals surface area contributed by atoms with Crippen LogP contribution in [0.15, 0.2) is 5.34 Å². The van der Waals surface area contributed by atoms with Gasteiger partial charge in [0.2, 0.25) is 0 Å². The van der Waals surface area contributed by atoms with Gasteiger partial charge in [-0.1, -0.05) is 0 Å². The van der Waals surface area contributed by atoms with Crippen molar-refractivity contribution in [1.82, 2.24) is 0 Å². The van der Waals surface area contributed by atoms with Crippen molar-refractivity contribution in [2.24, 2.45) is 5.34 Å². The summed E-state index contributed by atoms with van der Waals surface area (Å²) in [5.41, 5.74) is -0.651. The molecule has 0 heterocycles. The average molecular weight is 147 g/mol. The summed E-state index contributed by atoms with van der Waals surface area (Å²) in [6.45, 7) is 4.96. The lowest BCUT2D eigenvalue weighted by Crippen LogP contribution is -2.23. The lowest BCUT2D eigenvalue weighted by Gasteiger charge is -2.16. The Labute approximate surface area is 58.2 Å². The molecule has 0 fully saturated rings. The Morgan fingerprint density at radius 1 is 1.40 bits per heavy atom. The molecule has 0 saturated carbocycles. The van der Waals surface area contributed by atoms with Crippen LogP contribution >= 0.6 is 0 Å². The summed E-state index contributed by atoms with van der Waals surface area (Å²) in [7, 11) is 0. The Kier molecular flexibility index (Phi) is 2.79. The highest BCUT2D eigenvalue weighted by Crippen LogP contribution is 2.07. The maximum Gasteiger partial charge on any atom is 0.538 e. The van der Waals surface area contributed by atoms with Gasteiger partial charge in [-0.05, 0) is 20.8 Å².